The first-order valence-electron chi connectivity index (χ1n) is 14.4. The van der Waals surface area contributed by atoms with E-state index in [9.17, 15) is 18.7 Å². The largest absolute Gasteiger partial charge is 0.481 e. The molecule has 0 spiro atoms. The second-order valence-electron chi connectivity index (χ2n) is 12.0. The Hall–Kier alpha value is -1.75. The first kappa shape index (κ1) is 27.3. The lowest BCUT2D eigenvalue weighted by Gasteiger charge is -2.47. The van der Waals surface area contributed by atoms with E-state index < -0.39 is 17.6 Å². The smallest absolute Gasteiger partial charge is 0.303 e. The van der Waals surface area contributed by atoms with E-state index in [1.807, 2.05) is 0 Å². The van der Waals surface area contributed by atoms with Gasteiger partial charge in [-0.05, 0) is 86.5 Å². The molecule has 3 nitrogen and oxygen atoms in total. The second kappa shape index (κ2) is 12.7. The van der Waals surface area contributed by atoms with Crippen LogP contribution in [-0.4, -0.2) is 35.1 Å². The van der Waals surface area contributed by atoms with Gasteiger partial charge in [-0.25, -0.2) is 8.78 Å². The molecule has 200 valence electrons. The third-order valence-electron chi connectivity index (χ3n) is 9.23. The molecule has 36 heavy (non-hydrogen) atoms. The zero-order chi connectivity index (χ0) is 25.7. The van der Waals surface area contributed by atoms with Crippen LogP contribution in [0.3, 0.4) is 0 Å². The highest BCUT2D eigenvalue weighted by atomic mass is 19.2. The van der Waals surface area contributed by atoms with Gasteiger partial charge in [-0.1, -0.05) is 51.5 Å². The van der Waals surface area contributed by atoms with Crippen LogP contribution in [0.15, 0.2) is 18.7 Å². The Morgan fingerprint density at radius 3 is 2.03 bits per heavy atom. The summed E-state index contributed by atoms with van der Waals surface area (Å²) in [4.78, 5) is 14.6. The van der Waals surface area contributed by atoms with E-state index in [0.717, 1.165) is 37.9 Å². The van der Waals surface area contributed by atoms with Crippen LogP contribution in [0.4, 0.5) is 8.78 Å². The van der Waals surface area contributed by atoms with Gasteiger partial charge in [-0.3, -0.25) is 9.69 Å². The minimum Gasteiger partial charge on any atom is -0.481 e. The molecule has 0 aromatic heterocycles. The molecule has 3 unspecified atom stereocenters. The van der Waals surface area contributed by atoms with E-state index in [0.29, 0.717) is 17.4 Å². The molecule has 1 aromatic carbocycles. The van der Waals surface area contributed by atoms with Crippen LogP contribution in [-0.2, 0) is 4.79 Å². The molecule has 3 atom stereocenters. The van der Waals surface area contributed by atoms with Crippen LogP contribution in [0, 0.1) is 29.4 Å². The summed E-state index contributed by atoms with van der Waals surface area (Å²) >= 11 is 0. The third kappa shape index (κ3) is 6.76. The van der Waals surface area contributed by atoms with Crippen molar-refractivity contribution in [2.45, 2.75) is 109 Å². The van der Waals surface area contributed by atoms with E-state index >= 15 is 0 Å². The summed E-state index contributed by atoms with van der Waals surface area (Å²) in [6.07, 6.45) is 15.8. The van der Waals surface area contributed by atoms with E-state index in [-0.39, 0.29) is 29.9 Å². The Morgan fingerprint density at radius 2 is 1.50 bits per heavy atom. The number of allylic oxidation sites excluding steroid dienone is 1. The maximum absolute atomic E-state index is 14.9. The SMILES string of the molecule is C=C(C)c1cc(C2C(CC(=O)O)CCCC2N(CC2CCCCC2)CC2CCCCC2)cc(F)c1F. The van der Waals surface area contributed by atoms with Crippen LogP contribution in [0.5, 0.6) is 0 Å². The maximum Gasteiger partial charge on any atom is 0.303 e. The van der Waals surface area contributed by atoms with Crippen molar-refractivity contribution in [2.75, 3.05) is 13.1 Å². The number of carboxylic acid groups (broad SMARTS) is 1. The Balaban J connectivity index is 1.71. The summed E-state index contributed by atoms with van der Waals surface area (Å²) in [5, 5.41) is 9.76. The number of rotatable bonds is 9. The highest BCUT2D eigenvalue weighted by Crippen LogP contribution is 2.44. The monoisotopic (exact) mass is 501 g/mol. The molecule has 5 heteroatoms. The molecule has 3 aliphatic carbocycles. The predicted molar refractivity (Wildman–Crippen MR) is 142 cm³/mol. The Morgan fingerprint density at radius 1 is 0.917 bits per heavy atom. The quantitative estimate of drug-likeness (QED) is 0.371. The van der Waals surface area contributed by atoms with Gasteiger partial charge in [0.05, 0.1) is 0 Å². The molecule has 0 bridgehead atoms. The average Bonchev–Trinajstić information content (AvgIpc) is 2.86. The molecule has 4 rings (SSSR count). The number of benzene rings is 1. The van der Waals surface area contributed by atoms with Crippen LogP contribution in [0.1, 0.15) is 114 Å². The molecule has 3 fully saturated rings. The number of aliphatic carboxylic acids is 1. The van der Waals surface area contributed by atoms with Gasteiger partial charge in [0.15, 0.2) is 11.6 Å². The first-order chi connectivity index (χ1) is 17.3. The van der Waals surface area contributed by atoms with E-state index in [1.54, 1.807) is 13.0 Å². The van der Waals surface area contributed by atoms with Crippen LogP contribution in [0.2, 0.25) is 0 Å². The lowest BCUT2D eigenvalue weighted by Crippen LogP contribution is -2.49. The molecule has 0 amide bonds. The minimum atomic E-state index is -0.852. The van der Waals surface area contributed by atoms with Gasteiger partial charge in [0.2, 0.25) is 0 Å². The van der Waals surface area contributed by atoms with Crippen LogP contribution < -0.4 is 0 Å². The molecule has 0 radical (unpaired) electrons. The van der Waals surface area contributed by atoms with E-state index in [2.05, 4.69) is 11.5 Å². The maximum atomic E-state index is 14.9. The van der Waals surface area contributed by atoms with E-state index in [1.165, 1.54) is 70.3 Å². The van der Waals surface area contributed by atoms with Crippen molar-refractivity contribution in [2.24, 2.45) is 17.8 Å². The predicted octanol–water partition coefficient (Wildman–Crippen LogP) is 8.19. The summed E-state index contributed by atoms with van der Waals surface area (Å²) in [6, 6.07) is 3.27. The normalized spacial score (nSPS) is 26.3. The van der Waals surface area contributed by atoms with Crippen molar-refractivity contribution in [3.05, 3.63) is 41.5 Å². The summed E-state index contributed by atoms with van der Waals surface area (Å²) < 4.78 is 29.5. The number of carbonyl (C=O) groups is 1. The van der Waals surface area contributed by atoms with Gasteiger partial charge >= 0.3 is 5.97 Å². The molecule has 3 aliphatic rings. The fourth-order valence-electron chi connectivity index (χ4n) is 7.48. The molecular formula is C31H45F2NO2. The zero-order valence-electron chi connectivity index (χ0n) is 22.1. The first-order valence-corrected chi connectivity index (χ1v) is 14.4. The van der Waals surface area contributed by atoms with Gasteiger partial charge in [-0.2, -0.15) is 0 Å². The van der Waals surface area contributed by atoms with E-state index in [4.69, 9.17) is 0 Å². The summed E-state index contributed by atoms with van der Waals surface area (Å²) in [5.41, 5.74) is 1.46. The summed E-state index contributed by atoms with van der Waals surface area (Å²) in [5.74, 6) is -1.35. The molecule has 3 saturated carbocycles. The van der Waals surface area contributed by atoms with Gasteiger partial charge in [-0.15, -0.1) is 0 Å². The number of nitrogens with zero attached hydrogens (tertiary/aromatic N) is 1. The lowest BCUT2D eigenvalue weighted by molar-refractivity contribution is -0.138. The number of halogens is 2. The zero-order valence-corrected chi connectivity index (χ0v) is 22.1. The fraction of sp³-hybridized carbons (Fsp3) is 0.710. The van der Waals surface area contributed by atoms with Gasteiger partial charge in [0, 0.05) is 37.0 Å². The second-order valence-corrected chi connectivity index (χ2v) is 12.0. The van der Waals surface area contributed by atoms with Crippen molar-refractivity contribution in [3.63, 3.8) is 0 Å². The van der Waals surface area contributed by atoms with Crippen LogP contribution in [0.25, 0.3) is 5.57 Å². The van der Waals surface area contributed by atoms with Crippen LogP contribution >= 0.6 is 0 Å². The highest BCUT2D eigenvalue weighted by molar-refractivity contribution is 5.67. The van der Waals surface area contributed by atoms with Gasteiger partial charge < -0.3 is 5.11 Å². The standard InChI is InChI=1S/C31H45F2NO2/c1-21(2)26-16-25(17-27(32)31(26)33)30-24(18-29(35)36)14-9-15-28(30)34(19-22-10-5-3-6-11-22)20-23-12-7-4-8-13-23/h16-17,22-24,28,30H,1,3-15,18-20H2,2H3,(H,35,36). The van der Waals surface area contributed by atoms with Crippen molar-refractivity contribution in [3.8, 4) is 0 Å². The average molecular weight is 502 g/mol. The molecule has 1 aromatic rings. The van der Waals surface area contributed by atoms with Gasteiger partial charge in [0.25, 0.3) is 0 Å². The molecule has 0 heterocycles. The topological polar surface area (TPSA) is 40.5 Å². The molecule has 0 aliphatic heterocycles. The Labute approximate surface area is 216 Å². The lowest BCUT2D eigenvalue weighted by atomic mass is 9.69. The van der Waals surface area contributed by atoms with Gasteiger partial charge in [0.1, 0.15) is 0 Å². The van der Waals surface area contributed by atoms with Crippen molar-refractivity contribution in [1.82, 2.24) is 4.90 Å². The Kier molecular flexibility index (Phi) is 9.60. The van der Waals surface area contributed by atoms with Crippen molar-refractivity contribution in [1.29, 1.82) is 0 Å². The molecule has 0 saturated heterocycles. The minimum absolute atomic E-state index is 0.0727. The number of hydrogen-bond donors (Lipinski definition) is 1. The van der Waals surface area contributed by atoms with Crippen molar-refractivity contribution < 1.29 is 18.7 Å². The summed E-state index contributed by atoms with van der Waals surface area (Å²) in [6.45, 7) is 7.68. The highest BCUT2D eigenvalue weighted by Gasteiger charge is 2.40. The molecular weight excluding hydrogens is 456 g/mol. The number of carboxylic acids is 1. The molecule has 1 N–H and O–H groups in total. The third-order valence-corrected chi connectivity index (χ3v) is 9.23. The fourth-order valence-corrected chi connectivity index (χ4v) is 7.48. The Bertz CT molecular complexity index is 884. The number of hydrogen-bond acceptors (Lipinski definition) is 2. The summed E-state index contributed by atoms with van der Waals surface area (Å²) in [7, 11) is 0. The van der Waals surface area contributed by atoms with Crippen molar-refractivity contribution >= 4 is 11.5 Å².